The molecule has 0 saturated carbocycles. The molecule has 1 aliphatic carbocycles. The molecule has 4 aliphatic rings. The van der Waals surface area contributed by atoms with Crippen LogP contribution in [0.1, 0.15) is 66.5 Å². The first-order valence-electron chi connectivity index (χ1n) is 19.7. The van der Waals surface area contributed by atoms with E-state index in [0.717, 1.165) is 69.3 Å². The van der Waals surface area contributed by atoms with Crippen molar-refractivity contribution in [3.05, 3.63) is 83.5 Å². The topological polar surface area (TPSA) is 141 Å². The maximum absolute atomic E-state index is 14.5. The molecule has 0 spiro atoms. The fraction of sp³-hybridized carbons (Fsp3) is 0.452. The molecule has 6 heterocycles. The van der Waals surface area contributed by atoms with Gasteiger partial charge in [-0.05, 0) is 80.0 Å². The lowest BCUT2D eigenvalue weighted by atomic mass is 9.90. The smallest absolute Gasteiger partial charge is 0.392 e. The summed E-state index contributed by atoms with van der Waals surface area (Å²) in [6, 6.07) is 8.99. The molecule has 13 nitrogen and oxygen atoms in total. The number of halogens is 3. The molecule has 3 aliphatic heterocycles. The first-order valence-corrected chi connectivity index (χ1v) is 19.7. The molecular weight excluding hydrogens is 752 g/mol. The maximum Gasteiger partial charge on any atom is 0.421 e. The Morgan fingerprint density at radius 3 is 2.60 bits per heavy atom. The second-order valence-electron chi connectivity index (χ2n) is 16.3. The summed E-state index contributed by atoms with van der Waals surface area (Å²) >= 11 is 0. The van der Waals surface area contributed by atoms with Gasteiger partial charge in [0.05, 0.1) is 18.0 Å². The van der Waals surface area contributed by atoms with E-state index in [1.165, 1.54) is 22.9 Å². The minimum atomic E-state index is -4.83. The summed E-state index contributed by atoms with van der Waals surface area (Å²) in [5.74, 6) is -1.18. The number of hydrogen-bond acceptors (Lipinski definition) is 10. The number of aliphatic hydroxyl groups excluding tert-OH is 1. The molecule has 2 fully saturated rings. The van der Waals surface area contributed by atoms with E-state index in [-0.39, 0.29) is 45.8 Å². The van der Waals surface area contributed by atoms with E-state index in [2.05, 4.69) is 67.3 Å². The van der Waals surface area contributed by atoms with Crippen LogP contribution in [0.15, 0.2) is 55.4 Å². The SMILES string of the molecule is C=CC(=O)Nc1cc(Nc2nc(-c3ccnc(N4CCn5c(cc6c5CC(C)(C)C6)C4=O)c3CO)ncc2C(F)(F)F)ccc1N1CCN(C2CCOCC2)CC1C. The van der Waals surface area contributed by atoms with Crippen molar-refractivity contribution < 1.29 is 32.6 Å². The molecule has 0 radical (unpaired) electrons. The van der Waals surface area contributed by atoms with Gasteiger partial charge < -0.3 is 29.9 Å². The van der Waals surface area contributed by atoms with Crippen molar-refractivity contribution in [2.24, 2.45) is 5.41 Å². The Morgan fingerprint density at radius 1 is 1.09 bits per heavy atom. The standard InChI is InChI=1S/C42H48F3N9O4/c1-5-36(56)49-32-19-27(6-7-33(32)52-13-12-51(23-25(52)2)28-9-16-58-17-10-28)48-38-31(42(43,44)45)22-47-37(50-38)29-8-11-46-39(30(29)24-55)54-15-14-53-34(40(54)57)18-26-20-41(3,4)21-35(26)53/h5-8,11,18-19,22,25,28,55H,1,9-10,12-17,20-21,23-24H2,2-4H3,(H,49,56)(H,47,48,50). The summed E-state index contributed by atoms with van der Waals surface area (Å²) in [5.41, 5.74) is 3.67. The highest BCUT2D eigenvalue weighted by Gasteiger charge is 2.39. The molecule has 2 amide bonds. The number of benzene rings is 1. The van der Waals surface area contributed by atoms with Gasteiger partial charge in [-0.15, -0.1) is 0 Å². The second kappa shape index (κ2) is 15.5. The number of pyridine rings is 1. The number of aromatic nitrogens is 4. The fourth-order valence-corrected chi connectivity index (χ4v) is 9.02. The maximum atomic E-state index is 14.5. The number of aliphatic hydroxyl groups is 1. The van der Waals surface area contributed by atoms with Gasteiger partial charge in [0.15, 0.2) is 5.82 Å². The molecule has 2 saturated heterocycles. The van der Waals surface area contributed by atoms with Crippen LogP contribution in [0, 0.1) is 5.41 Å². The summed E-state index contributed by atoms with van der Waals surface area (Å²) in [6.45, 7) is 14.2. The molecule has 58 heavy (non-hydrogen) atoms. The average Bonchev–Trinajstić information content (AvgIpc) is 3.69. The van der Waals surface area contributed by atoms with Gasteiger partial charge in [-0.3, -0.25) is 19.4 Å². The average molecular weight is 800 g/mol. The number of rotatable bonds is 9. The highest BCUT2D eigenvalue weighted by atomic mass is 19.4. The zero-order valence-corrected chi connectivity index (χ0v) is 32.9. The van der Waals surface area contributed by atoms with Crippen LogP contribution in [0.2, 0.25) is 0 Å². The van der Waals surface area contributed by atoms with Crippen molar-refractivity contribution >= 4 is 40.5 Å². The summed E-state index contributed by atoms with van der Waals surface area (Å²) in [6.07, 6.45) is 2.14. The minimum Gasteiger partial charge on any atom is -0.392 e. The Balaban J connectivity index is 1.09. The number of piperazine rings is 1. The Kier molecular flexibility index (Phi) is 10.5. The van der Waals surface area contributed by atoms with E-state index in [0.29, 0.717) is 43.3 Å². The lowest BCUT2D eigenvalue weighted by molar-refractivity contribution is -0.137. The lowest BCUT2D eigenvalue weighted by Gasteiger charge is -2.45. The molecule has 0 bridgehead atoms. The van der Waals surface area contributed by atoms with Crippen LogP contribution in [0.5, 0.6) is 0 Å². The first-order chi connectivity index (χ1) is 27.7. The summed E-state index contributed by atoms with van der Waals surface area (Å²) in [5, 5.41) is 16.4. The number of carbonyl (C=O) groups is 2. The van der Waals surface area contributed by atoms with Gasteiger partial charge in [-0.1, -0.05) is 20.4 Å². The number of alkyl halides is 3. The van der Waals surface area contributed by atoms with Crippen molar-refractivity contribution in [3.8, 4) is 11.4 Å². The zero-order valence-electron chi connectivity index (χ0n) is 32.9. The number of fused-ring (bicyclic) bond motifs is 3. The molecule has 3 aromatic heterocycles. The fourth-order valence-electron chi connectivity index (χ4n) is 9.02. The number of amides is 2. The highest BCUT2D eigenvalue weighted by Crippen LogP contribution is 2.41. The van der Waals surface area contributed by atoms with Crippen LogP contribution in [0.25, 0.3) is 11.4 Å². The number of hydrogen-bond donors (Lipinski definition) is 3. The minimum absolute atomic E-state index is 0.0842. The van der Waals surface area contributed by atoms with Gasteiger partial charge in [0, 0.05) is 92.9 Å². The highest BCUT2D eigenvalue weighted by molar-refractivity contribution is 6.06. The number of ether oxygens (including phenoxy) is 1. The van der Waals surface area contributed by atoms with Crippen LogP contribution in [0.4, 0.5) is 41.9 Å². The van der Waals surface area contributed by atoms with Gasteiger partial charge in [-0.2, -0.15) is 13.2 Å². The number of nitrogens with zero attached hydrogens (tertiary/aromatic N) is 7. The quantitative estimate of drug-likeness (QED) is 0.168. The number of carbonyl (C=O) groups excluding carboxylic acids is 2. The number of nitrogens with one attached hydrogen (secondary N) is 2. The van der Waals surface area contributed by atoms with Crippen molar-refractivity contribution in [2.75, 3.05) is 59.8 Å². The van der Waals surface area contributed by atoms with E-state index in [1.807, 2.05) is 6.07 Å². The third-order valence-corrected chi connectivity index (χ3v) is 11.8. The van der Waals surface area contributed by atoms with E-state index in [9.17, 15) is 27.9 Å². The van der Waals surface area contributed by atoms with Crippen molar-refractivity contribution in [1.82, 2.24) is 24.4 Å². The van der Waals surface area contributed by atoms with Crippen LogP contribution in [-0.2, 0) is 41.7 Å². The third kappa shape index (κ3) is 7.55. The van der Waals surface area contributed by atoms with Crippen LogP contribution >= 0.6 is 0 Å². The molecule has 1 atom stereocenters. The van der Waals surface area contributed by atoms with Crippen molar-refractivity contribution in [3.63, 3.8) is 0 Å². The van der Waals surface area contributed by atoms with Gasteiger partial charge in [0.1, 0.15) is 22.9 Å². The summed E-state index contributed by atoms with van der Waals surface area (Å²) in [4.78, 5) is 45.7. The van der Waals surface area contributed by atoms with E-state index in [1.54, 1.807) is 18.2 Å². The number of anilines is 5. The molecule has 1 unspecified atom stereocenters. The molecule has 306 valence electrons. The first kappa shape index (κ1) is 39.5. The lowest BCUT2D eigenvalue weighted by Crippen LogP contribution is -2.56. The largest absolute Gasteiger partial charge is 0.421 e. The van der Waals surface area contributed by atoms with Gasteiger partial charge in [0.2, 0.25) is 5.91 Å². The predicted octanol–water partition coefficient (Wildman–Crippen LogP) is 6.19. The Morgan fingerprint density at radius 2 is 1.88 bits per heavy atom. The Bertz CT molecular complexity index is 2250. The molecule has 4 aromatic rings. The molecular formula is C42H48F3N9O4. The predicted molar refractivity (Wildman–Crippen MR) is 214 cm³/mol. The molecule has 8 rings (SSSR count). The van der Waals surface area contributed by atoms with Gasteiger partial charge in [-0.25, -0.2) is 15.0 Å². The zero-order chi connectivity index (χ0) is 40.9. The van der Waals surface area contributed by atoms with Crippen molar-refractivity contribution in [1.29, 1.82) is 0 Å². The van der Waals surface area contributed by atoms with Crippen molar-refractivity contribution in [2.45, 2.75) is 77.9 Å². The van der Waals surface area contributed by atoms with Gasteiger partial charge in [0.25, 0.3) is 5.91 Å². The normalized spacial score (nSPS) is 19.8. The van der Waals surface area contributed by atoms with Gasteiger partial charge >= 0.3 is 6.18 Å². The Labute approximate surface area is 334 Å². The van der Waals surface area contributed by atoms with E-state index < -0.39 is 30.1 Å². The second-order valence-corrected chi connectivity index (χ2v) is 16.3. The van der Waals surface area contributed by atoms with Crippen LogP contribution in [-0.4, -0.2) is 92.8 Å². The van der Waals surface area contributed by atoms with Crippen LogP contribution < -0.4 is 20.4 Å². The van der Waals surface area contributed by atoms with Crippen LogP contribution in [0.3, 0.4) is 0 Å². The van der Waals surface area contributed by atoms with E-state index >= 15 is 0 Å². The molecule has 16 heteroatoms. The monoisotopic (exact) mass is 799 g/mol. The molecule has 1 aromatic carbocycles. The summed E-state index contributed by atoms with van der Waals surface area (Å²) in [7, 11) is 0. The third-order valence-electron chi connectivity index (χ3n) is 11.8. The van der Waals surface area contributed by atoms with E-state index in [4.69, 9.17) is 4.74 Å². The Hall–Kier alpha value is -5.32. The molecule has 3 N–H and O–H groups in total. The summed E-state index contributed by atoms with van der Waals surface area (Å²) < 4.78 is 51.2.